The van der Waals surface area contributed by atoms with E-state index >= 15 is 0 Å². The molecule has 1 spiro atoms. The molecule has 0 N–H and O–H groups in total. The molecule has 1 aromatic rings. The van der Waals surface area contributed by atoms with Crippen molar-refractivity contribution in [1.82, 2.24) is 9.88 Å². The van der Waals surface area contributed by atoms with E-state index in [2.05, 4.69) is 27.0 Å². The van der Waals surface area contributed by atoms with Crippen molar-refractivity contribution in [3.8, 4) is 0 Å². The van der Waals surface area contributed by atoms with Crippen molar-refractivity contribution in [3.63, 3.8) is 0 Å². The number of aromatic nitrogens is 1. The highest BCUT2D eigenvalue weighted by Gasteiger charge is 2.50. The Morgan fingerprint density at radius 3 is 2.95 bits per heavy atom. The molecule has 0 amide bonds. The maximum Gasteiger partial charge on any atom is 0.0900 e. The maximum atomic E-state index is 6.10. The minimum atomic E-state index is 0.406. The summed E-state index contributed by atoms with van der Waals surface area (Å²) in [5.41, 5.74) is 1.09. The summed E-state index contributed by atoms with van der Waals surface area (Å²) in [7, 11) is 0. The van der Waals surface area contributed by atoms with Gasteiger partial charge in [-0.25, -0.2) is 4.98 Å². The Balaban J connectivity index is 1.23. The van der Waals surface area contributed by atoms with Gasteiger partial charge in [-0.3, -0.25) is 4.90 Å². The monoisotopic (exact) mass is 340 g/mol. The van der Waals surface area contributed by atoms with E-state index in [1.807, 2.05) is 6.92 Å². The first-order valence-electron chi connectivity index (χ1n) is 8.21. The third-order valence-corrected chi connectivity index (χ3v) is 7.40. The van der Waals surface area contributed by atoms with Crippen LogP contribution in [0.1, 0.15) is 30.0 Å². The van der Waals surface area contributed by atoms with E-state index in [4.69, 9.17) is 9.47 Å². The van der Waals surface area contributed by atoms with Crippen molar-refractivity contribution in [1.29, 1.82) is 0 Å². The Hall–Kier alpha value is -0.140. The van der Waals surface area contributed by atoms with Gasteiger partial charge in [0.2, 0.25) is 0 Å². The third-order valence-electron chi connectivity index (χ3n) is 5.00. The average molecular weight is 341 g/mol. The highest BCUT2D eigenvalue weighted by atomic mass is 32.2. The van der Waals surface area contributed by atoms with Crippen LogP contribution in [0.15, 0.2) is 5.38 Å². The lowest BCUT2D eigenvalue weighted by atomic mass is 9.89. The third kappa shape index (κ3) is 3.22. The van der Waals surface area contributed by atoms with Gasteiger partial charge in [-0.1, -0.05) is 0 Å². The average Bonchev–Trinajstić information content (AvgIpc) is 3.11. The minimum Gasteiger partial charge on any atom is -0.381 e. The van der Waals surface area contributed by atoms with E-state index in [0.717, 1.165) is 35.7 Å². The van der Waals surface area contributed by atoms with Gasteiger partial charge < -0.3 is 9.47 Å². The van der Waals surface area contributed by atoms with E-state index < -0.39 is 0 Å². The normalized spacial score (nSPS) is 29.0. The number of nitrogens with zero attached hydrogens (tertiary/aromatic N) is 2. The predicted molar refractivity (Wildman–Crippen MR) is 90.6 cm³/mol. The van der Waals surface area contributed by atoms with Crippen LogP contribution in [-0.4, -0.2) is 58.8 Å². The summed E-state index contributed by atoms with van der Waals surface area (Å²) in [5, 5.41) is 3.24. The number of thiazole rings is 1. The highest BCUT2D eigenvalue weighted by Crippen LogP contribution is 2.47. The zero-order valence-corrected chi connectivity index (χ0v) is 14.8. The van der Waals surface area contributed by atoms with Crippen LogP contribution in [-0.2, 0) is 16.1 Å². The second kappa shape index (κ2) is 6.40. The van der Waals surface area contributed by atoms with Gasteiger partial charge in [0.15, 0.2) is 0 Å². The molecule has 3 fully saturated rings. The van der Waals surface area contributed by atoms with Crippen molar-refractivity contribution >= 4 is 23.1 Å². The largest absolute Gasteiger partial charge is 0.381 e. The molecule has 0 radical (unpaired) electrons. The quantitative estimate of drug-likeness (QED) is 0.842. The summed E-state index contributed by atoms with van der Waals surface area (Å²) in [4.78, 5) is 7.15. The molecule has 1 aromatic heterocycles. The maximum absolute atomic E-state index is 6.10. The second-order valence-electron chi connectivity index (χ2n) is 6.74. The highest BCUT2D eigenvalue weighted by molar-refractivity contribution is 8.01. The lowest BCUT2D eigenvalue weighted by Crippen LogP contribution is -2.62. The van der Waals surface area contributed by atoms with Crippen molar-refractivity contribution in [2.24, 2.45) is 0 Å². The van der Waals surface area contributed by atoms with Gasteiger partial charge >= 0.3 is 0 Å². The minimum absolute atomic E-state index is 0.406. The Labute approximate surface area is 140 Å². The summed E-state index contributed by atoms with van der Waals surface area (Å²) < 4.78 is 12.0. The molecule has 3 aliphatic rings. The number of rotatable bonds is 4. The summed E-state index contributed by atoms with van der Waals surface area (Å²) >= 11 is 3.84. The molecule has 6 heteroatoms. The van der Waals surface area contributed by atoms with Crippen LogP contribution in [0.3, 0.4) is 0 Å². The molecular weight excluding hydrogens is 316 g/mol. The Morgan fingerprint density at radius 2 is 2.23 bits per heavy atom. The molecule has 0 bridgehead atoms. The molecule has 0 saturated carbocycles. The zero-order chi connectivity index (χ0) is 15.0. The molecule has 1 unspecified atom stereocenters. The van der Waals surface area contributed by atoms with E-state index in [0.29, 0.717) is 17.5 Å². The molecule has 1 atom stereocenters. The van der Waals surface area contributed by atoms with E-state index in [1.54, 1.807) is 11.3 Å². The molecule has 0 aliphatic carbocycles. The number of aryl methyl sites for hydroxylation is 1. The lowest BCUT2D eigenvalue weighted by Gasteiger charge is -2.52. The Morgan fingerprint density at radius 1 is 1.41 bits per heavy atom. The van der Waals surface area contributed by atoms with Crippen molar-refractivity contribution in [2.45, 2.75) is 49.7 Å². The smallest absolute Gasteiger partial charge is 0.0900 e. The van der Waals surface area contributed by atoms with Crippen LogP contribution < -0.4 is 0 Å². The molecule has 3 saturated heterocycles. The van der Waals surface area contributed by atoms with Gasteiger partial charge in [0.25, 0.3) is 0 Å². The fourth-order valence-corrected chi connectivity index (χ4v) is 5.98. The first kappa shape index (κ1) is 15.4. The predicted octanol–water partition coefficient (Wildman–Crippen LogP) is 2.71. The molecule has 4 nitrogen and oxygen atoms in total. The van der Waals surface area contributed by atoms with Crippen LogP contribution in [0.5, 0.6) is 0 Å². The van der Waals surface area contributed by atoms with Crippen LogP contribution in [0, 0.1) is 6.92 Å². The lowest BCUT2D eigenvalue weighted by molar-refractivity contribution is -0.0195. The first-order chi connectivity index (χ1) is 10.7. The number of hydrogen-bond donors (Lipinski definition) is 0. The van der Waals surface area contributed by atoms with Crippen molar-refractivity contribution in [3.05, 3.63) is 16.1 Å². The molecular formula is C16H24N2O2S2. The molecule has 3 aliphatic heterocycles. The van der Waals surface area contributed by atoms with E-state index in [-0.39, 0.29) is 0 Å². The van der Waals surface area contributed by atoms with Gasteiger partial charge in [-0.05, 0) is 26.2 Å². The van der Waals surface area contributed by atoms with Gasteiger partial charge in [-0.2, -0.15) is 0 Å². The summed E-state index contributed by atoms with van der Waals surface area (Å²) in [5.74, 6) is 1.14. The molecule has 0 aromatic carbocycles. The number of thioether (sulfide) groups is 1. The zero-order valence-electron chi connectivity index (χ0n) is 13.1. The summed E-state index contributed by atoms with van der Waals surface area (Å²) in [6, 6.07) is 0.762. The van der Waals surface area contributed by atoms with E-state index in [9.17, 15) is 0 Å². The Bertz CT molecular complexity index is 510. The number of hydrogen-bond acceptors (Lipinski definition) is 6. The van der Waals surface area contributed by atoms with Crippen molar-refractivity contribution in [2.75, 3.05) is 32.1 Å². The van der Waals surface area contributed by atoms with E-state index in [1.165, 1.54) is 32.4 Å². The molecule has 4 rings (SSSR count). The van der Waals surface area contributed by atoms with Crippen LogP contribution in [0.4, 0.5) is 0 Å². The standard InChI is InChI=1S/C16H24N2O2S2/c1-12-17-13(8-21-12)7-20-15-6-16(22-9-15)10-18(11-16)14-2-4-19-5-3-14/h8,14-15H,2-7,9-11H2,1H3. The summed E-state index contributed by atoms with van der Waals surface area (Å²) in [6.45, 7) is 7.11. The van der Waals surface area contributed by atoms with Gasteiger partial charge in [0.05, 0.1) is 23.4 Å². The molecule has 22 heavy (non-hydrogen) atoms. The SMILES string of the molecule is Cc1nc(COC2CSC3(C2)CN(C2CCOCC2)C3)cs1. The fraction of sp³-hybridized carbons (Fsp3) is 0.812. The number of ether oxygens (including phenoxy) is 2. The van der Waals surface area contributed by atoms with Gasteiger partial charge in [-0.15, -0.1) is 23.1 Å². The topological polar surface area (TPSA) is 34.6 Å². The van der Waals surface area contributed by atoms with Crippen molar-refractivity contribution < 1.29 is 9.47 Å². The van der Waals surface area contributed by atoms with Crippen LogP contribution in [0.2, 0.25) is 0 Å². The first-order valence-corrected chi connectivity index (χ1v) is 10.1. The van der Waals surface area contributed by atoms with Crippen LogP contribution in [0.25, 0.3) is 0 Å². The van der Waals surface area contributed by atoms with Crippen LogP contribution >= 0.6 is 23.1 Å². The summed E-state index contributed by atoms with van der Waals surface area (Å²) in [6.07, 6.45) is 4.04. The number of likely N-dealkylation sites (tertiary alicyclic amines) is 1. The van der Waals surface area contributed by atoms with Gasteiger partial charge in [0.1, 0.15) is 0 Å². The molecule has 4 heterocycles. The fourth-order valence-electron chi connectivity index (χ4n) is 3.81. The Kier molecular flexibility index (Phi) is 4.48. The van der Waals surface area contributed by atoms with Gasteiger partial charge in [0, 0.05) is 48.2 Å². The second-order valence-corrected chi connectivity index (χ2v) is 9.29. The molecule has 122 valence electrons.